The molecule has 5 aliphatic rings. The first-order chi connectivity index (χ1) is 11.6. The molecular weight excluding hydrogens is 530 g/mol. The van der Waals surface area contributed by atoms with Crippen molar-refractivity contribution >= 4 is 57.1 Å². The molecule has 4 aliphatic carbocycles. The van der Waals surface area contributed by atoms with E-state index in [2.05, 4.69) is 5.32 Å². The van der Waals surface area contributed by atoms with Crippen molar-refractivity contribution in [1.29, 1.82) is 0 Å². The van der Waals surface area contributed by atoms with E-state index in [0.29, 0.717) is 5.92 Å². The summed E-state index contributed by atoms with van der Waals surface area (Å²) in [6.07, 6.45) is 15.5. The average Bonchev–Trinajstić information content (AvgIpc) is 2.96. The van der Waals surface area contributed by atoms with Gasteiger partial charge in [0.2, 0.25) is 5.90 Å². The Bertz CT molecular complexity index is 558. The highest BCUT2D eigenvalue weighted by Crippen LogP contribution is 2.68. The van der Waals surface area contributed by atoms with Gasteiger partial charge in [0.15, 0.2) is 3.69 Å². The number of rotatable bonds is 3. The molecule has 4 fully saturated rings. The van der Waals surface area contributed by atoms with Crippen LogP contribution < -0.4 is 5.32 Å². The molecule has 4 saturated carbocycles. The number of carbonyl (C=O) groups excluding carboxylic acids is 1. The Balaban J connectivity index is 1.30. The van der Waals surface area contributed by atoms with Gasteiger partial charge in [-0.1, -0.05) is 44.9 Å². The molecule has 0 radical (unpaired) electrons. The third-order valence-electron chi connectivity index (χ3n) is 6.17. The quantitative estimate of drug-likeness (QED) is 0.278. The summed E-state index contributed by atoms with van der Waals surface area (Å²) >= 11 is 1.56. The van der Waals surface area contributed by atoms with Gasteiger partial charge in [-0.15, -0.1) is 0 Å². The number of nitrogens with one attached hydrogen (secondary N) is 1. The summed E-state index contributed by atoms with van der Waals surface area (Å²) < 4.78 is 12.7. The number of halogens is 2. The van der Waals surface area contributed by atoms with Gasteiger partial charge >= 0.3 is 0 Å². The van der Waals surface area contributed by atoms with Crippen LogP contribution in [0, 0.1) is 11.3 Å². The highest BCUT2D eigenvalue weighted by atomic mass is 127. The standard InChI is InChI=1S/C18H26I2N2O2/c19-16(23)21-18-10-17(11-18,12-18)15-22-20-14(24-15)13-8-6-4-2-1-3-5-7-9-13/h13H,1-12H2,(H,21,23). The molecule has 1 amide bonds. The summed E-state index contributed by atoms with van der Waals surface area (Å²) in [4.78, 5) is 11.3. The zero-order chi connectivity index (χ0) is 16.6. The van der Waals surface area contributed by atoms with E-state index in [9.17, 15) is 4.79 Å². The van der Waals surface area contributed by atoms with Gasteiger partial charge in [0.25, 0.3) is 3.91 Å². The lowest BCUT2D eigenvalue weighted by molar-refractivity contribution is -0.0981. The fourth-order valence-electron chi connectivity index (χ4n) is 4.95. The van der Waals surface area contributed by atoms with Crippen LogP contribution in [0.2, 0.25) is 0 Å². The van der Waals surface area contributed by atoms with Crippen LogP contribution in [0.15, 0.2) is 3.21 Å². The minimum Gasteiger partial charge on any atom is -0.439 e. The number of ether oxygens (including phenoxy) is 1. The third kappa shape index (κ3) is 3.42. The maximum absolute atomic E-state index is 11.3. The van der Waals surface area contributed by atoms with Crippen LogP contribution in [-0.4, -0.2) is 19.0 Å². The summed E-state index contributed by atoms with van der Waals surface area (Å²) in [6.45, 7) is 0. The second-order valence-electron chi connectivity index (χ2n) is 8.12. The smallest absolute Gasteiger partial charge is 0.281 e. The van der Waals surface area contributed by atoms with Crippen molar-refractivity contribution in [3.8, 4) is 0 Å². The van der Waals surface area contributed by atoms with Crippen LogP contribution in [0.3, 0.4) is 0 Å². The second kappa shape index (κ2) is 7.12. The minimum absolute atomic E-state index is 0.0661. The van der Waals surface area contributed by atoms with E-state index in [4.69, 9.17) is 7.94 Å². The molecular formula is C18H26I2N2O2. The van der Waals surface area contributed by atoms with E-state index in [-0.39, 0.29) is 35.9 Å². The zero-order valence-electron chi connectivity index (χ0n) is 14.1. The van der Waals surface area contributed by atoms with Crippen LogP contribution in [0.1, 0.15) is 77.0 Å². The minimum atomic E-state index is -0.280. The number of nitrogens with zero attached hydrogens (tertiary/aromatic N) is 1. The molecule has 2 bridgehead atoms. The van der Waals surface area contributed by atoms with Crippen molar-refractivity contribution in [2.45, 2.75) is 82.6 Å². The molecule has 0 aromatic carbocycles. The predicted octanol–water partition coefficient (Wildman–Crippen LogP) is 5.64. The Labute approximate surface area is 168 Å². The van der Waals surface area contributed by atoms with Gasteiger partial charge in [-0.2, -0.15) is 3.21 Å². The number of hydrogen-bond acceptors (Lipinski definition) is 3. The van der Waals surface area contributed by atoms with Gasteiger partial charge in [-0.05, 0) is 32.1 Å². The maximum Gasteiger partial charge on any atom is 0.281 e. The van der Waals surface area contributed by atoms with Gasteiger partial charge in [0.1, 0.15) is 0 Å². The highest BCUT2D eigenvalue weighted by molar-refractivity contribution is 14.2. The molecule has 5 rings (SSSR count). The van der Waals surface area contributed by atoms with Crippen LogP contribution >= 0.6 is 43.6 Å². The second-order valence-corrected chi connectivity index (χ2v) is 11.1. The molecule has 1 N–H and O–H groups in total. The normalized spacial score (nSPS) is 36.9. The van der Waals surface area contributed by atoms with Crippen LogP contribution in [0.4, 0.5) is 4.79 Å². The highest BCUT2D eigenvalue weighted by Gasteiger charge is 2.72. The molecule has 134 valence electrons. The van der Waals surface area contributed by atoms with Crippen molar-refractivity contribution in [2.24, 2.45) is 14.5 Å². The Kier molecular flexibility index (Phi) is 5.24. The monoisotopic (exact) mass is 556 g/mol. The van der Waals surface area contributed by atoms with E-state index in [1.54, 1.807) is 0 Å². The number of hydrogen-bond donors (Lipinski definition) is 1. The Morgan fingerprint density at radius 2 is 1.67 bits per heavy atom. The average molecular weight is 556 g/mol. The molecule has 1 aliphatic heterocycles. The Hall–Kier alpha value is 0.270. The van der Waals surface area contributed by atoms with E-state index < -0.39 is 0 Å². The molecule has 1 heterocycles. The van der Waals surface area contributed by atoms with E-state index in [1.165, 1.54) is 61.5 Å². The molecule has 0 spiro atoms. The van der Waals surface area contributed by atoms with Gasteiger partial charge < -0.3 is 10.1 Å². The molecule has 4 nitrogen and oxygen atoms in total. The summed E-state index contributed by atoms with van der Waals surface area (Å²) in [5, 5.41) is 3.11. The zero-order valence-corrected chi connectivity index (χ0v) is 18.4. The first-order valence-corrected chi connectivity index (χ1v) is 12.5. The predicted molar refractivity (Wildman–Crippen MR) is 114 cm³/mol. The van der Waals surface area contributed by atoms with Crippen molar-refractivity contribution in [3.63, 3.8) is 0 Å². The Morgan fingerprint density at radius 1 is 1.08 bits per heavy atom. The van der Waals surface area contributed by atoms with Gasteiger partial charge in [0.05, 0.1) is 26.4 Å². The molecule has 6 heteroatoms. The van der Waals surface area contributed by atoms with E-state index >= 15 is 0 Å². The number of amides is 1. The molecule has 0 aromatic heterocycles. The van der Waals surface area contributed by atoms with Gasteiger partial charge in [-0.3, -0.25) is 4.79 Å². The van der Waals surface area contributed by atoms with Crippen molar-refractivity contribution in [3.05, 3.63) is 0 Å². The molecule has 0 aromatic rings. The topological polar surface area (TPSA) is 50.7 Å². The molecule has 0 saturated heterocycles. The van der Waals surface area contributed by atoms with Crippen molar-refractivity contribution in [1.82, 2.24) is 5.32 Å². The third-order valence-corrected chi connectivity index (χ3v) is 8.70. The fourth-order valence-corrected chi connectivity index (χ4v) is 7.91. The first kappa shape index (κ1) is 17.7. The Morgan fingerprint density at radius 3 is 2.25 bits per heavy atom. The lowest BCUT2D eigenvalue weighted by atomic mass is 9.39. The van der Waals surface area contributed by atoms with Crippen LogP contribution in [0.5, 0.6) is 0 Å². The van der Waals surface area contributed by atoms with Crippen LogP contribution in [0.25, 0.3) is 0 Å². The van der Waals surface area contributed by atoms with E-state index in [0.717, 1.165) is 25.2 Å². The molecule has 24 heavy (non-hydrogen) atoms. The largest absolute Gasteiger partial charge is 0.439 e. The van der Waals surface area contributed by atoms with Crippen molar-refractivity contribution in [2.75, 3.05) is 0 Å². The van der Waals surface area contributed by atoms with Gasteiger partial charge in [-0.25, -0.2) is 0 Å². The van der Waals surface area contributed by atoms with Crippen molar-refractivity contribution < 1.29 is 9.53 Å². The summed E-state index contributed by atoms with van der Waals surface area (Å²) in [6, 6.07) is 0. The lowest BCUT2D eigenvalue weighted by Crippen LogP contribution is -2.76. The SMILES string of the molecule is O=C(I)NC12CC(C3=NI=C(C4CCCCCCCCC4)O3)(C1)C2. The lowest BCUT2D eigenvalue weighted by Gasteiger charge is -2.69. The molecule has 0 unspecified atom stereocenters. The summed E-state index contributed by atoms with van der Waals surface area (Å²) in [5.41, 5.74) is 0.248. The molecule has 0 atom stereocenters. The van der Waals surface area contributed by atoms with E-state index in [1.807, 2.05) is 22.6 Å². The summed E-state index contributed by atoms with van der Waals surface area (Å²) in [7, 11) is 0. The van der Waals surface area contributed by atoms with Gasteiger partial charge in [0, 0.05) is 34.0 Å². The maximum atomic E-state index is 11.3. The summed E-state index contributed by atoms with van der Waals surface area (Å²) in [5.74, 6) is 1.69. The van der Waals surface area contributed by atoms with Crippen LogP contribution in [-0.2, 0) is 4.74 Å². The fraction of sp³-hybridized carbons (Fsp3) is 0.833. The first-order valence-electron chi connectivity index (χ1n) is 9.36. The number of carbonyl (C=O) groups is 1.